The fourth-order valence-corrected chi connectivity index (χ4v) is 3.75. The number of carbonyl (C=O) groups excluding carboxylic acids is 1. The summed E-state index contributed by atoms with van der Waals surface area (Å²) in [5.41, 5.74) is 1.86. The number of carbonyl (C=O) groups is 1. The number of hydrogen-bond donors (Lipinski definition) is 1. The number of nitrogens with one attached hydrogen (secondary N) is 1. The largest absolute Gasteiger partial charge is 0.444 e. The van der Waals surface area contributed by atoms with Crippen LogP contribution in [0.1, 0.15) is 45.1 Å². The van der Waals surface area contributed by atoms with Gasteiger partial charge in [0.1, 0.15) is 10.2 Å². The van der Waals surface area contributed by atoms with E-state index in [0.717, 1.165) is 46.5 Å². The molecule has 1 aliphatic rings. The fraction of sp³-hybridized carbons (Fsp3) is 0.500. The molecule has 0 unspecified atom stereocenters. The highest BCUT2D eigenvalue weighted by Crippen LogP contribution is 2.35. The third-order valence-corrected chi connectivity index (χ3v) is 5.55. The van der Waals surface area contributed by atoms with Gasteiger partial charge in [-0.15, -0.1) is 0 Å². The number of amides is 1. The number of hydrogen-bond acceptors (Lipinski definition) is 2. The number of piperidine rings is 1. The van der Waals surface area contributed by atoms with Gasteiger partial charge in [0.2, 0.25) is 0 Å². The monoisotopic (exact) mass is 412 g/mol. The summed E-state index contributed by atoms with van der Waals surface area (Å²) in [4.78, 5) is 17.2. The molecular formula is C18H22BrClN2O2. The van der Waals surface area contributed by atoms with E-state index in [-0.39, 0.29) is 6.09 Å². The maximum absolute atomic E-state index is 12.2. The highest BCUT2D eigenvalue weighted by Gasteiger charge is 2.27. The average Bonchev–Trinajstić information content (AvgIpc) is 2.80. The third-order valence-electron chi connectivity index (χ3n) is 4.34. The first kappa shape index (κ1) is 17.6. The molecule has 6 heteroatoms. The van der Waals surface area contributed by atoms with Crippen LogP contribution in [-0.2, 0) is 4.74 Å². The molecular weight excluding hydrogens is 392 g/mol. The molecule has 130 valence electrons. The van der Waals surface area contributed by atoms with Gasteiger partial charge in [-0.1, -0.05) is 17.7 Å². The van der Waals surface area contributed by atoms with Crippen LogP contribution in [-0.4, -0.2) is 34.7 Å². The molecule has 1 N–H and O–H groups in total. The zero-order chi connectivity index (χ0) is 17.5. The number of halogens is 2. The number of fused-ring (bicyclic) bond motifs is 1. The Morgan fingerprint density at radius 1 is 1.33 bits per heavy atom. The van der Waals surface area contributed by atoms with Gasteiger partial charge in [0, 0.05) is 24.0 Å². The molecule has 3 rings (SSSR count). The molecule has 1 fully saturated rings. The minimum atomic E-state index is -0.447. The Bertz CT molecular complexity index is 758. The minimum absolute atomic E-state index is 0.214. The first-order valence-corrected chi connectivity index (χ1v) is 9.36. The summed E-state index contributed by atoms with van der Waals surface area (Å²) in [6.45, 7) is 7.13. The minimum Gasteiger partial charge on any atom is -0.444 e. The summed E-state index contributed by atoms with van der Waals surface area (Å²) in [5, 5.41) is 1.76. The highest BCUT2D eigenvalue weighted by atomic mass is 79.9. The van der Waals surface area contributed by atoms with Crippen molar-refractivity contribution in [3.63, 3.8) is 0 Å². The summed E-state index contributed by atoms with van der Waals surface area (Å²) in [6.07, 6.45) is 1.66. The number of likely N-dealkylation sites (tertiary alicyclic amines) is 1. The number of nitrogens with zero attached hydrogens (tertiary/aromatic N) is 1. The predicted octanol–water partition coefficient (Wildman–Crippen LogP) is 5.70. The van der Waals surface area contributed by atoms with Crippen molar-refractivity contribution >= 4 is 44.5 Å². The first-order valence-electron chi connectivity index (χ1n) is 8.19. The molecule has 0 bridgehead atoms. The van der Waals surface area contributed by atoms with Gasteiger partial charge < -0.3 is 14.6 Å². The molecule has 1 saturated heterocycles. The van der Waals surface area contributed by atoms with Gasteiger partial charge in [-0.25, -0.2) is 4.79 Å². The van der Waals surface area contributed by atoms with E-state index < -0.39 is 5.60 Å². The van der Waals surface area contributed by atoms with Crippen molar-refractivity contribution in [2.24, 2.45) is 0 Å². The van der Waals surface area contributed by atoms with E-state index in [1.165, 1.54) is 5.56 Å². The summed E-state index contributed by atoms with van der Waals surface area (Å²) in [5.74, 6) is 0.442. The number of ether oxygens (including phenoxy) is 1. The Morgan fingerprint density at radius 3 is 2.62 bits per heavy atom. The molecule has 0 spiro atoms. The fourth-order valence-electron chi connectivity index (χ4n) is 3.12. The number of aromatic nitrogens is 1. The van der Waals surface area contributed by atoms with Crippen LogP contribution in [0.25, 0.3) is 10.9 Å². The lowest BCUT2D eigenvalue weighted by atomic mass is 9.89. The SMILES string of the molecule is CC(C)(C)OC(=O)N1CCC(c2ccc3[nH]c(Br)c(Cl)c3c2)CC1. The van der Waals surface area contributed by atoms with Crippen molar-refractivity contribution < 1.29 is 9.53 Å². The number of aromatic amines is 1. The summed E-state index contributed by atoms with van der Waals surface area (Å²) >= 11 is 9.76. The van der Waals surface area contributed by atoms with Gasteiger partial charge in [0.25, 0.3) is 0 Å². The third kappa shape index (κ3) is 3.72. The van der Waals surface area contributed by atoms with Gasteiger partial charge in [-0.05, 0) is 73.2 Å². The van der Waals surface area contributed by atoms with Crippen molar-refractivity contribution in [3.05, 3.63) is 33.4 Å². The number of benzene rings is 1. The lowest BCUT2D eigenvalue weighted by Gasteiger charge is -2.33. The first-order chi connectivity index (χ1) is 11.2. The summed E-state index contributed by atoms with van der Waals surface area (Å²) in [6, 6.07) is 6.38. The Labute approximate surface area is 155 Å². The zero-order valence-electron chi connectivity index (χ0n) is 14.2. The molecule has 1 amide bonds. The van der Waals surface area contributed by atoms with Gasteiger partial charge in [-0.2, -0.15) is 0 Å². The average molecular weight is 414 g/mol. The second-order valence-electron chi connectivity index (χ2n) is 7.30. The van der Waals surface area contributed by atoms with E-state index >= 15 is 0 Å². The van der Waals surface area contributed by atoms with E-state index in [9.17, 15) is 4.79 Å². The molecule has 0 radical (unpaired) electrons. The van der Waals surface area contributed by atoms with Crippen LogP contribution in [0.4, 0.5) is 4.79 Å². The predicted molar refractivity (Wildman–Crippen MR) is 101 cm³/mol. The molecule has 0 atom stereocenters. The molecule has 1 aromatic carbocycles. The van der Waals surface area contributed by atoms with Crippen molar-refractivity contribution in [3.8, 4) is 0 Å². The van der Waals surface area contributed by atoms with Crippen molar-refractivity contribution in [2.75, 3.05) is 13.1 Å². The normalized spacial score (nSPS) is 16.6. The molecule has 1 aromatic heterocycles. The maximum atomic E-state index is 12.2. The van der Waals surface area contributed by atoms with Crippen LogP contribution in [0.5, 0.6) is 0 Å². The quantitative estimate of drug-likeness (QED) is 0.652. The topological polar surface area (TPSA) is 45.3 Å². The summed E-state index contributed by atoms with van der Waals surface area (Å²) in [7, 11) is 0. The standard InChI is InChI=1S/C18H22BrClN2O2/c1-18(2,3)24-17(23)22-8-6-11(7-9-22)12-4-5-14-13(10-12)15(20)16(19)21-14/h4-5,10-11,21H,6-9H2,1-3H3. The van der Waals surface area contributed by atoms with Gasteiger partial charge in [0.15, 0.2) is 0 Å². The van der Waals surface area contributed by atoms with E-state index in [4.69, 9.17) is 16.3 Å². The Balaban J connectivity index is 1.68. The molecule has 4 nitrogen and oxygen atoms in total. The van der Waals surface area contributed by atoms with Crippen LogP contribution in [0.3, 0.4) is 0 Å². The molecule has 2 aromatic rings. The number of H-pyrrole nitrogens is 1. The van der Waals surface area contributed by atoms with Crippen LogP contribution in [0, 0.1) is 0 Å². The van der Waals surface area contributed by atoms with Crippen molar-refractivity contribution in [1.29, 1.82) is 0 Å². The van der Waals surface area contributed by atoms with E-state index in [0.29, 0.717) is 5.92 Å². The second kappa shape index (κ2) is 6.60. The molecule has 1 aliphatic heterocycles. The lowest BCUT2D eigenvalue weighted by molar-refractivity contribution is 0.0205. The van der Waals surface area contributed by atoms with Crippen LogP contribution in [0.2, 0.25) is 5.02 Å². The van der Waals surface area contributed by atoms with Crippen molar-refractivity contribution in [2.45, 2.75) is 45.1 Å². The van der Waals surface area contributed by atoms with Gasteiger partial charge in [-0.3, -0.25) is 0 Å². The Hall–Kier alpha value is -1.20. The Kier molecular flexibility index (Phi) is 4.85. The van der Waals surface area contributed by atoms with E-state index in [2.05, 4.69) is 39.1 Å². The molecule has 24 heavy (non-hydrogen) atoms. The summed E-state index contributed by atoms with van der Waals surface area (Å²) < 4.78 is 6.27. The second-order valence-corrected chi connectivity index (χ2v) is 8.47. The highest BCUT2D eigenvalue weighted by molar-refractivity contribution is 9.10. The van der Waals surface area contributed by atoms with Crippen LogP contribution < -0.4 is 0 Å². The molecule has 2 heterocycles. The smallest absolute Gasteiger partial charge is 0.410 e. The van der Waals surface area contributed by atoms with Gasteiger partial charge in [0.05, 0.1) is 5.02 Å². The van der Waals surface area contributed by atoms with Crippen molar-refractivity contribution in [1.82, 2.24) is 9.88 Å². The maximum Gasteiger partial charge on any atom is 0.410 e. The lowest BCUT2D eigenvalue weighted by Crippen LogP contribution is -2.41. The van der Waals surface area contributed by atoms with Crippen LogP contribution in [0.15, 0.2) is 22.8 Å². The molecule has 0 aliphatic carbocycles. The zero-order valence-corrected chi connectivity index (χ0v) is 16.5. The number of rotatable bonds is 1. The van der Waals surface area contributed by atoms with E-state index in [1.807, 2.05) is 20.8 Å². The van der Waals surface area contributed by atoms with Crippen LogP contribution >= 0.6 is 27.5 Å². The van der Waals surface area contributed by atoms with E-state index in [1.54, 1.807) is 4.90 Å². The Morgan fingerprint density at radius 2 is 2.00 bits per heavy atom. The molecule has 0 saturated carbocycles. The van der Waals surface area contributed by atoms with Gasteiger partial charge >= 0.3 is 6.09 Å².